The first-order valence-corrected chi connectivity index (χ1v) is 2.89. The Labute approximate surface area is 77.6 Å². The molecule has 0 aliphatic rings. The van der Waals surface area contributed by atoms with Gasteiger partial charge < -0.3 is 27.1 Å². The molecule has 12 heavy (non-hydrogen) atoms. The van der Waals surface area contributed by atoms with E-state index in [1.54, 1.807) is 0 Å². The molecular formula is C6H14ClNO4. The maximum absolute atomic E-state index is 9.10. The highest BCUT2D eigenvalue weighted by Crippen LogP contribution is 1.73. The van der Waals surface area contributed by atoms with E-state index in [0.29, 0.717) is 0 Å². The Morgan fingerprint density at radius 1 is 0.917 bits per heavy atom. The number of aliphatic carboxylic acids is 2. The van der Waals surface area contributed by atoms with Crippen LogP contribution in [0.15, 0.2) is 0 Å². The Morgan fingerprint density at radius 2 is 1.00 bits per heavy atom. The first-order valence-electron chi connectivity index (χ1n) is 2.89. The molecule has 0 aromatic heterocycles. The molecule has 0 aliphatic heterocycles. The van der Waals surface area contributed by atoms with Crippen LogP contribution in [0.4, 0.5) is 0 Å². The van der Waals surface area contributed by atoms with E-state index in [-0.39, 0.29) is 12.4 Å². The highest BCUT2D eigenvalue weighted by atomic mass is 35.5. The van der Waals surface area contributed by atoms with E-state index in [0.717, 1.165) is 4.48 Å². The normalized spacial score (nSPS) is 8.67. The number of carboxylic acids is 2. The van der Waals surface area contributed by atoms with Gasteiger partial charge in [-0.05, 0) is 0 Å². The van der Waals surface area contributed by atoms with Crippen LogP contribution in [0.2, 0.25) is 0 Å². The quantitative estimate of drug-likeness (QED) is 0.313. The molecule has 0 saturated heterocycles. The summed E-state index contributed by atoms with van der Waals surface area (Å²) in [6, 6.07) is 0. The molecule has 0 fully saturated rings. The third kappa shape index (κ3) is 60.6. The minimum Gasteiger partial charge on any atom is -1.00 e. The molecule has 6 heteroatoms. The summed E-state index contributed by atoms with van der Waals surface area (Å²) in [5, 5.41) is 14.8. The van der Waals surface area contributed by atoms with Crippen LogP contribution in [0.1, 0.15) is 0 Å². The second-order valence-electron chi connectivity index (χ2n) is 3.29. The monoisotopic (exact) mass is 199 g/mol. The van der Waals surface area contributed by atoms with Gasteiger partial charge in [-0.1, -0.05) is 0 Å². The average Bonchev–Trinajstić information content (AvgIpc) is 1.59. The van der Waals surface area contributed by atoms with Crippen molar-refractivity contribution in [3.8, 4) is 0 Å². The zero-order valence-corrected chi connectivity index (χ0v) is 8.29. The lowest BCUT2D eigenvalue weighted by molar-refractivity contribution is -0.849. The number of quaternary nitrogens is 1. The molecule has 0 aliphatic carbocycles. The molecule has 0 rings (SSSR count). The van der Waals surface area contributed by atoms with Crippen molar-refractivity contribution in [1.29, 1.82) is 0 Å². The number of hydrogen-bond acceptors (Lipinski definition) is 2. The van der Waals surface area contributed by atoms with Crippen LogP contribution in [0, 0.1) is 0 Å². The molecule has 0 aromatic carbocycles. The van der Waals surface area contributed by atoms with Crippen molar-refractivity contribution >= 4 is 11.9 Å². The first-order chi connectivity index (χ1) is 4.64. The maximum atomic E-state index is 9.10. The number of carboxylic acid groups (broad SMARTS) is 2. The predicted octanol–water partition coefficient (Wildman–Crippen LogP) is -3.52. The van der Waals surface area contributed by atoms with E-state index in [4.69, 9.17) is 19.8 Å². The average molecular weight is 200 g/mol. The number of halogens is 1. The van der Waals surface area contributed by atoms with Crippen molar-refractivity contribution in [2.45, 2.75) is 0 Å². The lowest BCUT2D eigenvalue weighted by Gasteiger charge is -2.14. The largest absolute Gasteiger partial charge is 1.00 e. The topological polar surface area (TPSA) is 74.6 Å². The summed E-state index contributed by atoms with van der Waals surface area (Å²) >= 11 is 0. The van der Waals surface area contributed by atoms with Gasteiger partial charge in [0.15, 0.2) is 0 Å². The van der Waals surface area contributed by atoms with E-state index in [9.17, 15) is 0 Å². The van der Waals surface area contributed by atoms with Crippen LogP contribution in [-0.2, 0) is 9.59 Å². The van der Waals surface area contributed by atoms with Gasteiger partial charge in [0.05, 0.1) is 28.2 Å². The van der Waals surface area contributed by atoms with E-state index < -0.39 is 11.9 Å². The lowest BCUT2D eigenvalue weighted by atomic mass is 10.7. The molecule has 0 bridgehead atoms. The molecule has 5 nitrogen and oxygen atoms in total. The highest BCUT2D eigenvalue weighted by molar-refractivity contribution is 6.27. The van der Waals surface area contributed by atoms with Crippen molar-refractivity contribution in [3.63, 3.8) is 0 Å². The standard InChI is InChI=1S/C4H12N.C2H2O4.ClH/c1-5(2,3)4;3-1(4)2(5)6;/h1-4H3;(H,3,4)(H,5,6);1H/q+1;;/p-1. The van der Waals surface area contributed by atoms with Crippen LogP contribution < -0.4 is 12.4 Å². The van der Waals surface area contributed by atoms with E-state index in [1.165, 1.54) is 0 Å². The fourth-order valence-electron chi connectivity index (χ4n) is 0. The number of hydrogen-bond donors (Lipinski definition) is 2. The fraction of sp³-hybridized carbons (Fsp3) is 0.667. The smallest absolute Gasteiger partial charge is 0.414 e. The van der Waals surface area contributed by atoms with Crippen molar-refractivity contribution in [2.75, 3.05) is 28.2 Å². The SMILES string of the molecule is C[N+](C)(C)C.O=C(O)C(=O)O.[Cl-]. The van der Waals surface area contributed by atoms with E-state index in [1.807, 2.05) is 0 Å². The van der Waals surface area contributed by atoms with Crippen LogP contribution in [0.5, 0.6) is 0 Å². The molecule has 0 atom stereocenters. The van der Waals surface area contributed by atoms with Crippen molar-refractivity contribution < 1.29 is 36.7 Å². The van der Waals surface area contributed by atoms with Gasteiger partial charge in [0.25, 0.3) is 0 Å². The van der Waals surface area contributed by atoms with Crippen molar-refractivity contribution in [3.05, 3.63) is 0 Å². The summed E-state index contributed by atoms with van der Waals surface area (Å²) in [5.41, 5.74) is 0. The summed E-state index contributed by atoms with van der Waals surface area (Å²) in [7, 11) is 8.50. The highest BCUT2D eigenvalue weighted by Gasteiger charge is 2.04. The van der Waals surface area contributed by atoms with Gasteiger partial charge >= 0.3 is 11.9 Å². The van der Waals surface area contributed by atoms with Gasteiger partial charge in [-0.25, -0.2) is 9.59 Å². The van der Waals surface area contributed by atoms with Gasteiger partial charge in [-0.2, -0.15) is 0 Å². The molecule has 0 saturated carbocycles. The van der Waals surface area contributed by atoms with Gasteiger partial charge in [-0.3, -0.25) is 0 Å². The van der Waals surface area contributed by atoms with Crippen LogP contribution >= 0.6 is 0 Å². The first kappa shape index (κ1) is 17.3. The third-order valence-corrected chi connectivity index (χ3v) is 0.183. The van der Waals surface area contributed by atoms with Crippen molar-refractivity contribution in [2.24, 2.45) is 0 Å². The Morgan fingerprint density at radius 3 is 1.00 bits per heavy atom. The number of carbonyl (C=O) groups is 2. The summed E-state index contributed by atoms with van der Waals surface area (Å²) in [4.78, 5) is 18.2. The Balaban J connectivity index is -0.000000126. The molecule has 0 aromatic rings. The van der Waals surface area contributed by atoms with Gasteiger partial charge in [0.2, 0.25) is 0 Å². The maximum Gasteiger partial charge on any atom is 0.414 e. The van der Waals surface area contributed by atoms with E-state index in [2.05, 4.69) is 28.2 Å². The van der Waals surface area contributed by atoms with E-state index >= 15 is 0 Å². The summed E-state index contributed by atoms with van der Waals surface area (Å²) < 4.78 is 1.00. The van der Waals surface area contributed by atoms with Crippen LogP contribution in [0.25, 0.3) is 0 Å². The molecule has 2 N–H and O–H groups in total. The summed E-state index contributed by atoms with van der Waals surface area (Å²) in [5.74, 6) is -3.65. The minimum atomic E-state index is -1.82. The molecular weight excluding hydrogens is 186 g/mol. The molecule has 74 valence electrons. The van der Waals surface area contributed by atoms with Gasteiger partial charge in [0.1, 0.15) is 0 Å². The zero-order chi connectivity index (χ0) is 9.65. The molecule has 0 radical (unpaired) electrons. The third-order valence-electron chi connectivity index (χ3n) is 0.183. The summed E-state index contributed by atoms with van der Waals surface area (Å²) in [6.45, 7) is 0. The number of rotatable bonds is 0. The molecule has 0 amide bonds. The fourth-order valence-corrected chi connectivity index (χ4v) is 0. The van der Waals surface area contributed by atoms with Gasteiger partial charge in [-0.15, -0.1) is 0 Å². The van der Waals surface area contributed by atoms with Gasteiger partial charge in [0, 0.05) is 0 Å². The zero-order valence-electron chi connectivity index (χ0n) is 7.54. The Bertz CT molecular complexity index is 134. The second-order valence-corrected chi connectivity index (χ2v) is 3.29. The Kier molecular flexibility index (Phi) is 9.92. The Hall–Kier alpha value is -0.810. The van der Waals surface area contributed by atoms with Crippen LogP contribution in [-0.4, -0.2) is 54.8 Å². The second kappa shape index (κ2) is 6.87. The molecule has 0 unspecified atom stereocenters. The predicted molar refractivity (Wildman–Crippen MR) is 39.2 cm³/mol. The molecule has 0 heterocycles. The minimum absolute atomic E-state index is 0. The van der Waals surface area contributed by atoms with Crippen molar-refractivity contribution in [1.82, 2.24) is 0 Å². The number of nitrogens with zero attached hydrogens (tertiary/aromatic N) is 1. The molecule has 0 spiro atoms. The summed E-state index contributed by atoms with van der Waals surface area (Å²) in [6.07, 6.45) is 0. The lowest BCUT2D eigenvalue weighted by Crippen LogP contribution is -3.00. The van der Waals surface area contributed by atoms with Crippen LogP contribution in [0.3, 0.4) is 0 Å².